The summed E-state index contributed by atoms with van der Waals surface area (Å²) in [5.74, 6) is 0.705. The van der Waals surface area contributed by atoms with Crippen molar-refractivity contribution in [3.8, 4) is 0 Å². The maximum absolute atomic E-state index is 5.93. The Balaban J connectivity index is 1.86. The van der Waals surface area contributed by atoms with E-state index in [1.165, 1.54) is 0 Å². The fraction of sp³-hybridized carbons (Fsp3) is 0.0769. The molecule has 4 rings (SSSR count). The highest BCUT2D eigenvalue weighted by molar-refractivity contribution is 6.30. The van der Waals surface area contributed by atoms with E-state index in [9.17, 15) is 0 Å². The first-order valence-corrected chi connectivity index (χ1v) is 6.24. The minimum absolute atomic E-state index is 0.00757. The molecule has 0 amide bonds. The Hall–Kier alpha value is -2.27. The van der Waals surface area contributed by atoms with Gasteiger partial charge < -0.3 is 0 Å². The number of amidine groups is 1. The maximum Gasteiger partial charge on any atom is 0.271 e. The largest absolute Gasteiger partial charge is 0.271 e. The summed E-state index contributed by atoms with van der Waals surface area (Å²) in [5, 5.41) is 8.81. The third-order valence-electron chi connectivity index (χ3n) is 3.27. The van der Waals surface area contributed by atoms with Crippen molar-refractivity contribution < 1.29 is 4.68 Å². The number of halogens is 1. The first-order valence-electron chi connectivity index (χ1n) is 5.86. The summed E-state index contributed by atoms with van der Waals surface area (Å²) in [6, 6.07) is 7.72. The van der Waals surface area contributed by atoms with E-state index >= 15 is 0 Å². The molecule has 0 spiro atoms. The second-order valence-electron chi connectivity index (χ2n) is 4.39. The first-order chi connectivity index (χ1) is 9.33. The number of hydrogen-bond donors (Lipinski definition) is 1. The molecular weight excluding hydrogens is 262 g/mol. The van der Waals surface area contributed by atoms with Crippen LogP contribution in [0, 0.1) is 0 Å². The van der Waals surface area contributed by atoms with E-state index in [1.807, 2.05) is 35.2 Å². The van der Waals surface area contributed by atoms with Crippen LogP contribution >= 0.6 is 11.6 Å². The number of hydrogen-bond acceptors (Lipinski definition) is 4. The molecule has 0 saturated carbocycles. The molecule has 0 aliphatic carbocycles. The van der Waals surface area contributed by atoms with Crippen LogP contribution in [-0.2, 0) is 0 Å². The quantitative estimate of drug-likeness (QED) is 0.773. The number of nitrogens with zero attached hydrogens (tertiary/aromatic N) is 4. The van der Waals surface area contributed by atoms with Gasteiger partial charge in [0.25, 0.3) is 6.04 Å². The summed E-state index contributed by atoms with van der Waals surface area (Å²) >= 11 is 5.93. The molecule has 0 radical (unpaired) electrons. The summed E-state index contributed by atoms with van der Waals surface area (Å²) in [6.45, 7) is 0. The monoisotopic (exact) mass is 270 g/mol. The van der Waals surface area contributed by atoms with Gasteiger partial charge in [0.15, 0.2) is 0 Å². The highest BCUT2D eigenvalue weighted by atomic mass is 35.5. The molecule has 0 aromatic heterocycles. The summed E-state index contributed by atoms with van der Waals surface area (Å²) in [5.41, 5.74) is 6.50. The smallest absolute Gasteiger partial charge is 0.227 e. The molecule has 3 aliphatic rings. The van der Waals surface area contributed by atoms with Crippen LogP contribution in [-0.4, -0.2) is 35.2 Å². The van der Waals surface area contributed by atoms with Gasteiger partial charge in [-0.25, -0.2) is 4.99 Å². The van der Waals surface area contributed by atoms with Gasteiger partial charge in [-0.1, -0.05) is 23.7 Å². The molecule has 92 valence electrons. The van der Waals surface area contributed by atoms with Crippen LogP contribution in [0.3, 0.4) is 0 Å². The SMILES string of the molecule is Clc1ccc(C2=C3C=NN=C4N=CC=[N+](N2)C43)cc1. The van der Waals surface area contributed by atoms with Gasteiger partial charge in [0.2, 0.25) is 12.1 Å². The lowest BCUT2D eigenvalue weighted by atomic mass is 10.0. The van der Waals surface area contributed by atoms with E-state index in [1.54, 1.807) is 12.4 Å². The summed E-state index contributed by atoms with van der Waals surface area (Å²) in [6.07, 6.45) is 5.39. The van der Waals surface area contributed by atoms with Crippen molar-refractivity contribution in [2.75, 3.05) is 0 Å². The van der Waals surface area contributed by atoms with E-state index in [4.69, 9.17) is 11.6 Å². The predicted molar refractivity (Wildman–Crippen MR) is 76.0 cm³/mol. The molecule has 1 aromatic carbocycles. The number of benzene rings is 1. The lowest BCUT2D eigenvalue weighted by molar-refractivity contribution is -0.570. The molecule has 5 nitrogen and oxygen atoms in total. The van der Waals surface area contributed by atoms with Gasteiger partial charge >= 0.3 is 0 Å². The maximum atomic E-state index is 5.93. The van der Waals surface area contributed by atoms with Crippen LogP contribution in [0.5, 0.6) is 0 Å². The van der Waals surface area contributed by atoms with Gasteiger partial charge in [0.05, 0.1) is 18.0 Å². The molecule has 0 bridgehead atoms. The topological polar surface area (TPSA) is 52.1 Å². The highest BCUT2D eigenvalue weighted by Crippen LogP contribution is 2.28. The van der Waals surface area contributed by atoms with Gasteiger partial charge in [-0.05, 0) is 12.1 Å². The van der Waals surface area contributed by atoms with E-state index in [-0.39, 0.29) is 6.04 Å². The minimum atomic E-state index is 0.00757. The molecule has 0 saturated heterocycles. The van der Waals surface area contributed by atoms with E-state index in [0.717, 1.165) is 21.9 Å². The van der Waals surface area contributed by atoms with Crippen LogP contribution < -0.4 is 5.43 Å². The van der Waals surface area contributed by atoms with Crippen molar-refractivity contribution in [3.63, 3.8) is 0 Å². The van der Waals surface area contributed by atoms with Crippen LogP contribution in [0.1, 0.15) is 5.56 Å². The third-order valence-corrected chi connectivity index (χ3v) is 3.52. The average Bonchev–Trinajstić information content (AvgIpc) is 2.82. The Kier molecular flexibility index (Phi) is 2.16. The molecule has 6 heteroatoms. The van der Waals surface area contributed by atoms with E-state index < -0.39 is 0 Å². The Morgan fingerprint density at radius 2 is 2.05 bits per heavy atom. The van der Waals surface area contributed by atoms with Gasteiger partial charge in [0.1, 0.15) is 5.70 Å². The first kappa shape index (κ1) is 10.6. The lowest BCUT2D eigenvalue weighted by Gasteiger charge is -2.10. The number of hydrazine groups is 1. The molecule has 1 N–H and O–H groups in total. The van der Waals surface area contributed by atoms with Crippen molar-refractivity contribution in [2.24, 2.45) is 15.2 Å². The van der Waals surface area contributed by atoms with Crippen LogP contribution in [0.15, 0.2) is 45.0 Å². The molecule has 0 fully saturated rings. The fourth-order valence-electron chi connectivity index (χ4n) is 2.40. The van der Waals surface area contributed by atoms with Crippen LogP contribution in [0.4, 0.5) is 0 Å². The van der Waals surface area contributed by atoms with Gasteiger partial charge in [0, 0.05) is 10.6 Å². The standard InChI is InChI=1S/C13H8ClN5/c14-9-3-1-8(2-4-9)11-10-7-16-17-13-12(10)19(18-11)6-5-15-13/h1-7,12H/p+1. The molecule has 3 heterocycles. The van der Waals surface area contributed by atoms with Crippen molar-refractivity contribution in [1.82, 2.24) is 5.43 Å². The summed E-state index contributed by atoms with van der Waals surface area (Å²) < 4.78 is 1.98. The Labute approximate surface area is 114 Å². The molecule has 19 heavy (non-hydrogen) atoms. The van der Waals surface area contributed by atoms with Crippen molar-refractivity contribution >= 4 is 41.8 Å². The Bertz CT molecular complexity index is 709. The van der Waals surface area contributed by atoms with Crippen molar-refractivity contribution in [2.45, 2.75) is 6.04 Å². The van der Waals surface area contributed by atoms with Gasteiger partial charge in [-0.3, -0.25) is 0 Å². The second kappa shape index (κ2) is 3.86. The van der Waals surface area contributed by atoms with Crippen molar-refractivity contribution in [1.29, 1.82) is 0 Å². The zero-order chi connectivity index (χ0) is 12.8. The zero-order valence-electron chi connectivity index (χ0n) is 9.79. The number of nitrogens with one attached hydrogen (secondary N) is 1. The highest BCUT2D eigenvalue weighted by Gasteiger charge is 2.43. The number of aliphatic imine (C=N–C) groups is 1. The molecule has 1 aromatic rings. The second-order valence-corrected chi connectivity index (χ2v) is 4.83. The number of hydrazone groups is 1. The normalized spacial score (nSPS) is 22.9. The minimum Gasteiger partial charge on any atom is -0.227 e. The number of rotatable bonds is 1. The zero-order valence-corrected chi connectivity index (χ0v) is 10.5. The Morgan fingerprint density at radius 1 is 1.21 bits per heavy atom. The molecule has 1 atom stereocenters. The lowest BCUT2D eigenvalue weighted by Crippen LogP contribution is -2.40. The van der Waals surface area contributed by atoms with Crippen LogP contribution in [0.25, 0.3) is 5.70 Å². The summed E-state index contributed by atoms with van der Waals surface area (Å²) in [4.78, 5) is 4.25. The van der Waals surface area contributed by atoms with E-state index in [0.29, 0.717) is 5.84 Å². The van der Waals surface area contributed by atoms with Crippen LogP contribution in [0.2, 0.25) is 5.02 Å². The molecule has 1 unspecified atom stereocenters. The van der Waals surface area contributed by atoms with Gasteiger partial charge in [-0.15, -0.1) is 9.79 Å². The van der Waals surface area contributed by atoms with Gasteiger partial charge in [-0.2, -0.15) is 10.5 Å². The third kappa shape index (κ3) is 1.55. The molecular formula is C13H9ClN5+. The molecule has 3 aliphatic heterocycles. The summed E-state index contributed by atoms with van der Waals surface area (Å²) in [7, 11) is 0. The van der Waals surface area contributed by atoms with E-state index in [2.05, 4.69) is 20.6 Å². The van der Waals surface area contributed by atoms with Crippen molar-refractivity contribution in [3.05, 3.63) is 40.4 Å². The Morgan fingerprint density at radius 3 is 2.89 bits per heavy atom. The fourth-order valence-corrected chi connectivity index (χ4v) is 2.52. The average molecular weight is 271 g/mol. The predicted octanol–water partition coefficient (Wildman–Crippen LogP) is 1.50.